The van der Waals surface area contributed by atoms with Crippen LogP contribution in [-0.4, -0.2) is 65.6 Å². The number of piperidine rings is 1. The summed E-state index contributed by atoms with van der Waals surface area (Å²) in [5, 5.41) is 6.43. The third-order valence-electron chi connectivity index (χ3n) is 5.08. The highest BCUT2D eigenvalue weighted by Crippen LogP contribution is 2.15. The molecule has 29 heavy (non-hydrogen) atoms. The average Bonchev–Trinajstić information content (AvgIpc) is 2.68. The van der Waals surface area contributed by atoms with Crippen LogP contribution in [0.5, 0.6) is 0 Å². The molecule has 0 aromatic heterocycles. The number of hydrogen-bond donors (Lipinski definition) is 3. The number of benzene rings is 1. The second kappa shape index (κ2) is 13.4. The number of aliphatic imine (C=N–C) groups is 1. The number of sulfonamides is 1. The number of hydrogen-bond acceptors (Lipinski definition) is 4. The van der Waals surface area contributed by atoms with Crippen LogP contribution < -0.4 is 15.4 Å². The Morgan fingerprint density at radius 1 is 1.10 bits per heavy atom. The first-order valence-electron chi connectivity index (χ1n) is 10.1. The van der Waals surface area contributed by atoms with Gasteiger partial charge >= 0.3 is 0 Å². The zero-order valence-electron chi connectivity index (χ0n) is 17.8. The lowest BCUT2D eigenvalue weighted by molar-refractivity contribution is 0.191. The number of rotatable bonds is 9. The van der Waals surface area contributed by atoms with Crippen molar-refractivity contribution in [2.45, 2.75) is 38.0 Å². The van der Waals surface area contributed by atoms with E-state index in [1.54, 1.807) is 31.3 Å². The molecule has 0 radical (unpaired) electrons. The number of nitrogens with zero attached hydrogens (tertiary/aromatic N) is 2. The van der Waals surface area contributed by atoms with E-state index in [9.17, 15) is 8.42 Å². The second-order valence-electron chi connectivity index (χ2n) is 7.51. The van der Waals surface area contributed by atoms with Crippen molar-refractivity contribution in [3.63, 3.8) is 0 Å². The van der Waals surface area contributed by atoms with Gasteiger partial charge in [0.05, 0.1) is 4.90 Å². The van der Waals surface area contributed by atoms with Crippen molar-refractivity contribution in [1.82, 2.24) is 20.3 Å². The molecule has 1 aliphatic rings. The van der Waals surface area contributed by atoms with Crippen LogP contribution in [0.25, 0.3) is 0 Å². The van der Waals surface area contributed by atoms with E-state index in [4.69, 9.17) is 0 Å². The van der Waals surface area contributed by atoms with Gasteiger partial charge in [-0.15, -0.1) is 24.0 Å². The highest BCUT2D eigenvalue weighted by Gasteiger charge is 2.15. The van der Waals surface area contributed by atoms with Gasteiger partial charge < -0.3 is 15.5 Å². The molecule has 0 amide bonds. The van der Waals surface area contributed by atoms with Gasteiger partial charge in [0.15, 0.2) is 5.96 Å². The molecule has 0 atom stereocenters. The van der Waals surface area contributed by atoms with Crippen LogP contribution in [0.4, 0.5) is 0 Å². The smallest absolute Gasteiger partial charge is 0.240 e. The SMILES string of the molecule is CN=C(NCCCN1CCC(C)CC1)NCCNS(=O)(=O)c1ccc(C)cc1.I. The fraction of sp³-hybridized carbons (Fsp3) is 0.650. The first kappa shape index (κ1) is 26.1. The molecule has 0 spiro atoms. The Balaban J connectivity index is 0.00000420. The molecule has 166 valence electrons. The molecule has 1 aromatic carbocycles. The molecular formula is C20H36IN5O2S. The van der Waals surface area contributed by atoms with Crippen molar-refractivity contribution in [1.29, 1.82) is 0 Å². The average molecular weight is 538 g/mol. The zero-order valence-corrected chi connectivity index (χ0v) is 20.9. The molecule has 1 saturated heterocycles. The number of aryl methyl sites for hydroxylation is 1. The summed E-state index contributed by atoms with van der Waals surface area (Å²) in [6, 6.07) is 6.83. The Bertz CT molecular complexity index is 717. The van der Waals surface area contributed by atoms with Crippen molar-refractivity contribution < 1.29 is 8.42 Å². The summed E-state index contributed by atoms with van der Waals surface area (Å²) in [7, 11) is -1.75. The maximum absolute atomic E-state index is 12.2. The van der Waals surface area contributed by atoms with Crippen molar-refractivity contribution in [3.8, 4) is 0 Å². The van der Waals surface area contributed by atoms with Crippen LogP contribution in [0.15, 0.2) is 34.2 Å². The fourth-order valence-corrected chi connectivity index (χ4v) is 4.21. The molecule has 7 nitrogen and oxygen atoms in total. The van der Waals surface area contributed by atoms with Crippen molar-refractivity contribution >= 4 is 40.0 Å². The van der Waals surface area contributed by atoms with Crippen LogP contribution >= 0.6 is 24.0 Å². The zero-order chi connectivity index (χ0) is 20.4. The molecule has 0 saturated carbocycles. The quantitative estimate of drug-likeness (QED) is 0.195. The lowest BCUT2D eigenvalue weighted by Crippen LogP contribution is -2.42. The van der Waals surface area contributed by atoms with Gasteiger partial charge in [-0.1, -0.05) is 24.6 Å². The Kier molecular flexibility index (Phi) is 12.1. The Hall–Kier alpha value is -0.910. The van der Waals surface area contributed by atoms with E-state index >= 15 is 0 Å². The monoisotopic (exact) mass is 537 g/mol. The van der Waals surface area contributed by atoms with Crippen LogP contribution in [0.1, 0.15) is 31.7 Å². The van der Waals surface area contributed by atoms with E-state index in [1.807, 2.05) is 6.92 Å². The number of nitrogens with one attached hydrogen (secondary N) is 3. The molecule has 0 bridgehead atoms. The molecule has 3 N–H and O–H groups in total. The maximum Gasteiger partial charge on any atom is 0.240 e. The summed E-state index contributed by atoms with van der Waals surface area (Å²) in [5.74, 6) is 1.56. The Labute approximate surface area is 193 Å². The number of likely N-dealkylation sites (tertiary alicyclic amines) is 1. The second-order valence-corrected chi connectivity index (χ2v) is 9.28. The van der Waals surface area contributed by atoms with E-state index in [0.717, 1.165) is 31.0 Å². The highest BCUT2D eigenvalue weighted by atomic mass is 127. The molecule has 1 aliphatic heterocycles. The number of halogens is 1. The minimum atomic E-state index is -3.47. The summed E-state index contributed by atoms with van der Waals surface area (Å²) in [6.07, 6.45) is 3.67. The summed E-state index contributed by atoms with van der Waals surface area (Å²) >= 11 is 0. The molecular weight excluding hydrogens is 501 g/mol. The van der Waals surface area contributed by atoms with Crippen molar-refractivity contribution in [3.05, 3.63) is 29.8 Å². The molecule has 0 unspecified atom stereocenters. The van der Waals surface area contributed by atoms with Crippen LogP contribution in [0, 0.1) is 12.8 Å². The topological polar surface area (TPSA) is 85.8 Å². The van der Waals surface area contributed by atoms with Crippen molar-refractivity contribution in [2.75, 3.05) is 46.3 Å². The van der Waals surface area contributed by atoms with E-state index in [1.165, 1.54) is 25.9 Å². The van der Waals surface area contributed by atoms with Gasteiger partial charge in [0.2, 0.25) is 10.0 Å². The lowest BCUT2D eigenvalue weighted by Gasteiger charge is -2.30. The van der Waals surface area contributed by atoms with Crippen LogP contribution in [0.3, 0.4) is 0 Å². The predicted molar refractivity (Wildman–Crippen MR) is 131 cm³/mol. The van der Waals surface area contributed by atoms with Gasteiger partial charge in [-0.3, -0.25) is 4.99 Å². The molecule has 1 fully saturated rings. The Morgan fingerprint density at radius 2 is 1.72 bits per heavy atom. The van der Waals surface area contributed by atoms with Crippen LogP contribution in [-0.2, 0) is 10.0 Å². The van der Waals surface area contributed by atoms with Gasteiger partial charge in [0.1, 0.15) is 0 Å². The summed E-state index contributed by atoms with van der Waals surface area (Å²) in [4.78, 5) is 7.00. The molecule has 1 aromatic rings. The van der Waals surface area contributed by atoms with Gasteiger partial charge in [0, 0.05) is 26.7 Å². The molecule has 0 aliphatic carbocycles. The van der Waals surface area contributed by atoms with Gasteiger partial charge in [0.25, 0.3) is 0 Å². The third kappa shape index (κ3) is 9.63. The van der Waals surface area contributed by atoms with Gasteiger partial charge in [-0.25, -0.2) is 13.1 Å². The third-order valence-corrected chi connectivity index (χ3v) is 6.56. The summed E-state index contributed by atoms with van der Waals surface area (Å²) in [6.45, 7) is 9.38. The fourth-order valence-electron chi connectivity index (χ4n) is 3.18. The lowest BCUT2D eigenvalue weighted by atomic mass is 9.99. The van der Waals surface area contributed by atoms with Gasteiger partial charge in [-0.2, -0.15) is 0 Å². The maximum atomic E-state index is 12.2. The normalized spacial score (nSPS) is 16.3. The minimum absolute atomic E-state index is 0. The first-order valence-corrected chi connectivity index (χ1v) is 11.6. The minimum Gasteiger partial charge on any atom is -0.356 e. The van der Waals surface area contributed by atoms with Crippen LogP contribution in [0.2, 0.25) is 0 Å². The molecule has 2 rings (SSSR count). The predicted octanol–water partition coefficient (Wildman–Crippen LogP) is 2.18. The van der Waals surface area contributed by atoms with Gasteiger partial charge in [-0.05, 0) is 63.9 Å². The van der Waals surface area contributed by atoms with Crippen molar-refractivity contribution in [2.24, 2.45) is 10.9 Å². The highest BCUT2D eigenvalue weighted by molar-refractivity contribution is 14.0. The first-order chi connectivity index (χ1) is 13.4. The molecule has 9 heteroatoms. The largest absolute Gasteiger partial charge is 0.356 e. The number of guanidine groups is 1. The Morgan fingerprint density at radius 3 is 2.34 bits per heavy atom. The summed E-state index contributed by atoms with van der Waals surface area (Å²) < 4.78 is 27.1. The van der Waals surface area contributed by atoms with E-state index < -0.39 is 10.0 Å². The standard InChI is InChI=1S/C20H35N5O2S.HI/c1-17-5-7-19(8-6-17)28(26,27)24-13-12-23-20(21-3)22-11-4-14-25-15-9-18(2)10-16-25;/h5-8,18,24H,4,9-16H2,1-3H3,(H2,21,22,23);1H. The van der Waals surface area contributed by atoms with E-state index in [-0.39, 0.29) is 28.9 Å². The van der Waals surface area contributed by atoms with E-state index in [0.29, 0.717) is 19.0 Å². The summed E-state index contributed by atoms with van der Waals surface area (Å²) in [5.41, 5.74) is 1.03. The molecule has 1 heterocycles. The van der Waals surface area contributed by atoms with E-state index in [2.05, 4.69) is 32.2 Å².